The van der Waals surface area contributed by atoms with Gasteiger partial charge in [0, 0.05) is 47.0 Å². The maximum absolute atomic E-state index is 6.75. The lowest BCUT2D eigenvalue weighted by Crippen LogP contribution is -2.24. The van der Waals surface area contributed by atoms with E-state index < -0.39 is 0 Å². The van der Waals surface area contributed by atoms with Gasteiger partial charge in [-0.1, -0.05) is 123 Å². The van der Waals surface area contributed by atoms with Crippen molar-refractivity contribution in [2.75, 3.05) is 26.6 Å². The zero-order valence-corrected chi connectivity index (χ0v) is 35.4. The summed E-state index contributed by atoms with van der Waals surface area (Å²) in [5.74, 6) is 1.62. The number of nitrogens with zero attached hydrogens (tertiary/aromatic N) is 4. The van der Waals surface area contributed by atoms with Crippen molar-refractivity contribution in [2.24, 2.45) is 0 Å². The summed E-state index contributed by atoms with van der Waals surface area (Å²) >= 11 is 0. The molecule has 0 spiro atoms. The molecular formula is C58H44N4O. The quantitative estimate of drug-likeness (QED) is 0.166. The van der Waals surface area contributed by atoms with E-state index in [4.69, 9.17) is 4.74 Å². The van der Waals surface area contributed by atoms with E-state index >= 15 is 0 Å². The normalized spacial score (nSPS) is 13.8. The van der Waals surface area contributed by atoms with Gasteiger partial charge in [-0.2, -0.15) is 0 Å². The second-order valence-electron chi connectivity index (χ2n) is 17.1. The molecule has 0 aromatic heterocycles. The van der Waals surface area contributed by atoms with Gasteiger partial charge in [0.15, 0.2) is 11.5 Å². The Hall–Kier alpha value is -8.02. The summed E-state index contributed by atoms with van der Waals surface area (Å²) in [5, 5.41) is 0. The number of hydrogen-bond donors (Lipinski definition) is 0. The van der Waals surface area contributed by atoms with Crippen molar-refractivity contribution in [1.29, 1.82) is 0 Å². The Morgan fingerprint density at radius 1 is 0.381 bits per heavy atom. The van der Waals surface area contributed by atoms with Crippen molar-refractivity contribution < 1.29 is 4.74 Å². The van der Waals surface area contributed by atoms with Crippen LogP contribution < -0.4 is 24.3 Å². The highest BCUT2D eigenvalue weighted by molar-refractivity contribution is 5.99. The molecule has 5 nitrogen and oxygen atoms in total. The molecule has 0 atom stereocenters. The molecule has 12 rings (SSSR count). The first kappa shape index (κ1) is 36.8. The Kier molecular flexibility index (Phi) is 8.35. The summed E-state index contributed by atoms with van der Waals surface area (Å²) < 4.78 is 6.75. The summed E-state index contributed by atoms with van der Waals surface area (Å²) in [6, 6.07) is 76.4. The molecule has 2 heterocycles. The Morgan fingerprint density at radius 3 is 1.67 bits per heavy atom. The molecule has 0 N–H and O–H groups in total. The van der Waals surface area contributed by atoms with E-state index in [0.29, 0.717) is 0 Å². The third kappa shape index (κ3) is 5.84. The average Bonchev–Trinajstić information content (AvgIpc) is 3.56. The second-order valence-corrected chi connectivity index (χ2v) is 17.1. The predicted molar refractivity (Wildman–Crippen MR) is 262 cm³/mol. The van der Waals surface area contributed by atoms with Crippen LogP contribution >= 0.6 is 0 Å². The minimum absolute atomic E-state index is 0.146. The number of benzene rings is 9. The van der Waals surface area contributed by atoms with Gasteiger partial charge in [0.25, 0.3) is 0 Å². The van der Waals surface area contributed by atoms with E-state index in [0.717, 1.165) is 73.8 Å². The molecule has 0 radical (unpaired) electrons. The van der Waals surface area contributed by atoms with Crippen LogP contribution in [0.25, 0.3) is 22.3 Å². The van der Waals surface area contributed by atoms with E-state index in [-0.39, 0.29) is 5.41 Å². The van der Waals surface area contributed by atoms with Crippen LogP contribution in [0.15, 0.2) is 212 Å². The molecule has 0 saturated heterocycles. The van der Waals surface area contributed by atoms with Crippen LogP contribution in [0, 0.1) is 0 Å². The standard InChI is InChI=1S/C58H44N4O/c1-58(2)48-21-11-10-20-46(48)47-33-31-44(37-49(47)58)60(45-32-35-54-57(38-45)63-56-25-15-14-24-53(56)62(54)42-18-8-5-9-19-42)43-29-26-39(27-30-43)40-28-34-52-55(36-40)59(3)50-22-12-13-23-51(50)61(52)41-16-6-4-7-17-41/h4-38H,1-3H3. The predicted octanol–water partition coefficient (Wildman–Crippen LogP) is 16.3. The van der Waals surface area contributed by atoms with Crippen molar-refractivity contribution in [3.05, 3.63) is 223 Å². The van der Waals surface area contributed by atoms with Crippen molar-refractivity contribution in [1.82, 2.24) is 0 Å². The Bertz CT molecular complexity index is 3210. The van der Waals surface area contributed by atoms with E-state index in [2.05, 4.69) is 241 Å². The van der Waals surface area contributed by atoms with Gasteiger partial charge >= 0.3 is 0 Å². The lowest BCUT2D eigenvalue weighted by atomic mass is 9.82. The summed E-state index contributed by atoms with van der Waals surface area (Å²) in [7, 11) is 2.17. The summed E-state index contributed by atoms with van der Waals surface area (Å²) in [6.07, 6.45) is 0. The van der Waals surface area contributed by atoms with Crippen LogP contribution in [-0.4, -0.2) is 7.05 Å². The summed E-state index contributed by atoms with van der Waals surface area (Å²) in [4.78, 5) is 9.34. The number of fused-ring (bicyclic) bond motifs is 7. The molecule has 0 unspecified atom stereocenters. The molecule has 9 aromatic rings. The molecule has 5 heteroatoms. The van der Waals surface area contributed by atoms with Crippen molar-refractivity contribution in [3.8, 4) is 33.8 Å². The molecular weight excluding hydrogens is 769 g/mol. The molecule has 0 saturated carbocycles. The highest BCUT2D eigenvalue weighted by Crippen LogP contribution is 2.55. The molecule has 63 heavy (non-hydrogen) atoms. The lowest BCUT2D eigenvalue weighted by molar-refractivity contribution is 0.477. The fourth-order valence-corrected chi connectivity index (χ4v) is 10.0. The van der Waals surface area contributed by atoms with Gasteiger partial charge in [0.2, 0.25) is 0 Å². The van der Waals surface area contributed by atoms with Crippen LogP contribution in [0.5, 0.6) is 11.5 Å². The van der Waals surface area contributed by atoms with Crippen LogP contribution in [-0.2, 0) is 5.41 Å². The maximum Gasteiger partial charge on any atom is 0.153 e. The van der Waals surface area contributed by atoms with Gasteiger partial charge in [-0.25, -0.2) is 0 Å². The van der Waals surface area contributed by atoms with Gasteiger partial charge in [0.1, 0.15) is 0 Å². The van der Waals surface area contributed by atoms with Gasteiger partial charge in [-0.15, -0.1) is 0 Å². The average molecular weight is 813 g/mol. The molecule has 0 amide bonds. The molecule has 302 valence electrons. The Labute approximate surface area is 368 Å². The smallest absolute Gasteiger partial charge is 0.153 e. The first-order valence-electron chi connectivity index (χ1n) is 21.7. The van der Waals surface area contributed by atoms with Gasteiger partial charge < -0.3 is 24.3 Å². The van der Waals surface area contributed by atoms with Gasteiger partial charge in [-0.05, 0) is 130 Å². The molecule has 0 bridgehead atoms. The number of hydrogen-bond acceptors (Lipinski definition) is 5. The fourth-order valence-electron chi connectivity index (χ4n) is 10.0. The SMILES string of the molecule is CN1c2ccccc2N(c2ccccc2)c2ccc(-c3ccc(N(c4ccc5c(c4)Oc4ccccc4N5c4ccccc4)c4ccc5c(c4)C(C)(C)c4ccccc4-5)cc3)cc21. The lowest BCUT2D eigenvalue weighted by Gasteiger charge is -2.38. The fraction of sp³-hybridized carbons (Fsp3) is 0.0690. The van der Waals surface area contributed by atoms with Crippen LogP contribution in [0.4, 0.5) is 62.6 Å². The second kappa shape index (κ2) is 14.3. The van der Waals surface area contributed by atoms with E-state index in [1.165, 1.54) is 33.6 Å². The molecule has 3 aliphatic rings. The molecule has 1 aliphatic carbocycles. The zero-order chi connectivity index (χ0) is 42.2. The summed E-state index contributed by atoms with van der Waals surface area (Å²) in [6.45, 7) is 4.69. The maximum atomic E-state index is 6.75. The first-order valence-corrected chi connectivity index (χ1v) is 21.7. The third-order valence-electron chi connectivity index (χ3n) is 13.1. The van der Waals surface area contributed by atoms with Crippen molar-refractivity contribution in [3.63, 3.8) is 0 Å². The van der Waals surface area contributed by atoms with Gasteiger partial charge in [-0.3, -0.25) is 0 Å². The van der Waals surface area contributed by atoms with E-state index in [9.17, 15) is 0 Å². The first-order chi connectivity index (χ1) is 30.9. The zero-order valence-electron chi connectivity index (χ0n) is 35.4. The van der Waals surface area contributed by atoms with Crippen molar-refractivity contribution >= 4 is 62.6 Å². The molecule has 2 aliphatic heterocycles. The third-order valence-corrected chi connectivity index (χ3v) is 13.1. The topological polar surface area (TPSA) is 22.2 Å². The molecule has 0 fully saturated rings. The summed E-state index contributed by atoms with van der Waals surface area (Å²) in [5.41, 5.74) is 19.5. The Balaban J connectivity index is 0.968. The van der Waals surface area contributed by atoms with Gasteiger partial charge in [0.05, 0.1) is 34.1 Å². The number of para-hydroxylation sites is 6. The Morgan fingerprint density at radius 2 is 0.905 bits per heavy atom. The van der Waals surface area contributed by atoms with Crippen molar-refractivity contribution in [2.45, 2.75) is 19.3 Å². The van der Waals surface area contributed by atoms with Crippen LogP contribution in [0.1, 0.15) is 25.0 Å². The number of anilines is 11. The highest BCUT2D eigenvalue weighted by atomic mass is 16.5. The van der Waals surface area contributed by atoms with E-state index in [1.54, 1.807) is 0 Å². The molecule has 9 aromatic carbocycles. The largest absolute Gasteiger partial charge is 0.453 e. The number of rotatable bonds is 6. The minimum atomic E-state index is -0.146. The number of ether oxygens (including phenoxy) is 1. The minimum Gasteiger partial charge on any atom is -0.453 e. The van der Waals surface area contributed by atoms with E-state index in [1.807, 2.05) is 12.1 Å². The van der Waals surface area contributed by atoms with Crippen LogP contribution in [0.2, 0.25) is 0 Å². The van der Waals surface area contributed by atoms with Crippen LogP contribution in [0.3, 0.4) is 0 Å². The monoisotopic (exact) mass is 812 g/mol. The highest BCUT2D eigenvalue weighted by Gasteiger charge is 2.36.